The molecule has 1 N–H and O–H groups in total. The number of nitrogens with zero attached hydrogens (tertiary/aromatic N) is 2. The maximum atomic E-state index is 12.0. The van der Waals surface area contributed by atoms with Crippen LogP contribution in [0.15, 0.2) is 0 Å². The van der Waals surface area contributed by atoms with Crippen LogP contribution in [0.25, 0.3) is 0 Å². The molecule has 0 aliphatic carbocycles. The van der Waals surface area contributed by atoms with Crippen LogP contribution in [0.2, 0.25) is 0 Å². The molecule has 0 radical (unpaired) electrons. The Kier molecular flexibility index (Phi) is 3.64. The van der Waals surface area contributed by atoms with Gasteiger partial charge in [0.1, 0.15) is 5.82 Å². The lowest BCUT2D eigenvalue weighted by molar-refractivity contribution is 0.335. The van der Waals surface area contributed by atoms with Crippen molar-refractivity contribution in [2.24, 2.45) is 5.92 Å². The largest absolute Gasteiger partial charge is 0.325 e. The van der Waals surface area contributed by atoms with Crippen LogP contribution in [0.1, 0.15) is 44.4 Å². The molecule has 3 rings (SSSR count). The van der Waals surface area contributed by atoms with Gasteiger partial charge in [0.2, 0.25) is 0 Å². The minimum atomic E-state index is -2.92. The molecule has 0 spiro atoms. The molecule has 1 aromatic rings. The second kappa shape index (κ2) is 5.09. The van der Waals surface area contributed by atoms with Crippen molar-refractivity contribution in [3.63, 3.8) is 0 Å². The maximum absolute atomic E-state index is 12.0. The molecular formula is C15H25N3O2S. The van der Waals surface area contributed by atoms with Crippen LogP contribution in [0.5, 0.6) is 0 Å². The molecule has 0 aromatic carbocycles. The fraction of sp³-hybridized carbons (Fsp3) is 0.800. The number of fused-ring (bicyclic) bond motifs is 1. The molecule has 1 aromatic heterocycles. The fourth-order valence-corrected chi connectivity index (χ4v) is 5.79. The number of hydrogen-bond donors (Lipinski definition) is 1. The summed E-state index contributed by atoms with van der Waals surface area (Å²) in [5.41, 5.74) is 2.05. The van der Waals surface area contributed by atoms with E-state index < -0.39 is 9.84 Å². The van der Waals surface area contributed by atoms with E-state index in [0.717, 1.165) is 37.4 Å². The third-order valence-corrected chi connectivity index (χ3v) is 6.46. The molecule has 0 amide bonds. The van der Waals surface area contributed by atoms with Crippen LogP contribution in [-0.4, -0.2) is 36.0 Å². The Morgan fingerprint density at radius 3 is 2.81 bits per heavy atom. The molecule has 1 fully saturated rings. The van der Waals surface area contributed by atoms with Gasteiger partial charge in [-0.2, -0.15) is 0 Å². The second-order valence-corrected chi connectivity index (χ2v) is 9.30. The summed E-state index contributed by atoms with van der Waals surface area (Å²) in [6, 6.07) is 0. The van der Waals surface area contributed by atoms with Crippen molar-refractivity contribution >= 4 is 9.84 Å². The van der Waals surface area contributed by atoms with Crippen molar-refractivity contribution in [3.8, 4) is 0 Å². The lowest BCUT2D eigenvalue weighted by Crippen LogP contribution is -2.36. The predicted molar refractivity (Wildman–Crippen MR) is 83.1 cm³/mol. The summed E-state index contributed by atoms with van der Waals surface area (Å²) in [7, 11) is -2.92. The third kappa shape index (κ3) is 2.75. The van der Waals surface area contributed by atoms with E-state index in [4.69, 9.17) is 4.98 Å². The van der Waals surface area contributed by atoms with Crippen LogP contribution in [0.4, 0.5) is 0 Å². The van der Waals surface area contributed by atoms with Gasteiger partial charge in [-0.05, 0) is 19.3 Å². The fourth-order valence-electron chi connectivity index (χ4n) is 3.68. The molecule has 0 bridgehead atoms. The Hall–Kier alpha value is -0.880. The number of imidazole rings is 1. The normalized spacial score (nSPS) is 28.0. The Morgan fingerprint density at radius 2 is 2.19 bits per heavy atom. The quantitative estimate of drug-likeness (QED) is 0.913. The third-order valence-electron chi connectivity index (χ3n) is 4.57. The molecule has 0 saturated carbocycles. The molecule has 5 nitrogen and oxygen atoms in total. The van der Waals surface area contributed by atoms with Gasteiger partial charge in [0.15, 0.2) is 9.84 Å². The van der Waals surface area contributed by atoms with E-state index in [9.17, 15) is 8.42 Å². The Balaban J connectivity index is 2.09. The van der Waals surface area contributed by atoms with Crippen LogP contribution < -0.4 is 5.32 Å². The van der Waals surface area contributed by atoms with Crippen LogP contribution in [0.3, 0.4) is 0 Å². The van der Waals surface area contributed by atoms with Crippen molar-refractivity contribution in [2.45, 2.75) is 52.1 Å². The molecule has 118 valence electrons. The number of rotatable bonds is 3. The van der Waals surface area contributed by atoms with E-state index in [1.807, 2.05) is 0 Å². The van der Waals surface area contributed by atoms with Crippen molar-refractivity contribution in [2.75, 3.05) is 18.1 Å². The van der Waals surface area contributed by atoms with Crippen molar-refractivity contribution < 1.29 is 8.42 Å². The topological polar surface area (TPSA) is 64.0 Å². The maximum Gasteiger partial charge on any atom is 0.152 e. The van der Waals surface area contributed by atoms with Gasteiger partial charge in [-0.25, -0.2) is 13.4 Å². The molecule has 2 aliphatic rings. The van der Waals surface area contributed by atoms with Crippen LogP contribution in [-0.2, 0) is 34.8 Å². The zero-order chi connectivity index (χ0) is 15.3. The summed E-state index contributed by atoms with van der Waals surface area (Å²) in [6.45, 7) is 8.21. The van der Waals surface area contributed by atoms with Crippen molar-refractivity contribution in [3.05, 3.63) is 17.2 Å². The molecule has 1 atom stereocenters. The Morgan fingerprint density at radius 1 is 1.43 bits per heavy atom. The molecule has 6 heteroatoms. The van der Waals surface area contributed by atoms with Crippen LogP contribution in [0, 0.1) is 5.92 Å². The highest BCUT2D eigenvalue weighted by molar-refractivity contribution is 7.91. The SMILES string of the molecule is CC(C)Cc1nc2c(n1C1(C)CCS(=O)(=O)C1)CCNC2. The van der Waals surface area contributed by atoms with Gasteiger partial charge in [-0.1, -0.05) is 13.8 Å². The van der Waals surface area contributed by atoms with E-state index in [2.05, 4.69) is 30.7 Å². The van der Waals surface area contributed by atoms with E-state index in [-0.39, 0.29) is 11.3 Å². The van der Waals surface area contributed by atoms with E-state index in [0.29, 0.717) is 18.1 Å². The molecule has 21 heavy (non-hydrogen) atoms. The highest BCUT2D eigenvalue weighted by atomic mass is 32.2. The van der Waals surface area contributed by atoms with Crippen LogP contribution >= 0.6 is 0 Å². The van der Waals surface area contributed by atoms with Gasteiger partial charge in [0.25, 0.3) is 0 Å². The first-order valence-electron chi connectivity index (χ1n) is 7.82. The predicted octanol–water partition coefficient (Wildman–Crippen LogP) is 1.26. The summed E-state index contributed by atoms with van der Waals surface area (Å²) in [6.07, 6.45) is 2.55. The van der Waals surface area contributed by atoms with Crippen molar-refractivity contribution in [1.29, 1.82) is 0 Å². The number of sulfone groups is 1. The first-order chi connectivity index (χ1) is 9.81. The summed E-state index contributed by atoms with van der Waals surface area (Å²) in [4.78, 5) is 4.83. The second-order valence-electron chi connectivity index (χ2n) is 7.12. The lowest BCUT2D eigenvalue weighted by Gasteiger charge is -2.30. The minimum Gasteiger partial charge on any atom is -0.325 e. The van der Waals surface area contributed by atoms with Gasteiger partial charge in [-0.3, -0.25) is 0 Å². The summed E-state index contributed by atoms with van der Waals surface area (Å²) >= 11 is 0. The molecule has 3 heterocycles. The summed E-state index contributed by atoms with van der Waals surface area (Å²) < 4.78 is 26.3. The highest BCUT2D eigenvalue weighted by Crippen LogP contribution is 2.35. The summed E-state index contributed by atoms with van der Waals surface area (Å²) in [5.74, 6) is 2.14. The number of nitrogens with one attached hydrogen (secondary N) is 1. The van der Waals surface area contributed by atoms with Gasteiger partial charge >= 0.3 is 0 Å². The number of aromatic nitrogens is 2. The smallest absolute Gasteiger partial charge is 0.152 e. The lowest BCUT2D eigenvalue weighted by atomic mass is 9.99. The zero-order valence-corrected chi connectivity index (χ0v) is 14.0. The standard InChI is InChI=1S/C15H25N3O2S/c1-11(2)8-14-17-12-9-16-6-4-13(12)18(14)15(3)5-7-21(19,20)10-15/h11,16H,4-10H2,1-3H3. The van der Waals surface area contributed by atoms with E-state index in [1.54, 1.807) is 0 Å². The van der Waals surface area contributed by atoms with Gasteiger partial charge in [-0.15, -0.1) is 0 Å². The molecular weight excluding hydrogens is 286 g/mol. The van der Waals surface area contributed by atoms with E-state index in [1.165, 1.54) is 5.69 Å². The Labute approximate surface area is 127 Å². The average molecular weight is 311 g/mol. The van der Waals surface area contributed by atoms with Gasteiger partial charge in [0, 0.05) is 31.6 Å². The zero-order valence-electron chi connectivity index (χ0n) is 13.1. The minimum absolute atomic E-state index is 0.251. The van der Waals surface area contributed by atoms with Gasteiger partial charge < -0.3 is 9.88 Å². The van der Waals surface area contributed by atoms with Crippen molar-refractivity contribution in [1.82, 2.24) is 14.9 Å². The molecule has 2 aliphatic heterocycles. The number of hydrogen-bond acceptors (Lipinski definition) is 4. The van der Waals surface area contributed by atoms with E-state index >= 15 is 0 Å². The molecule has 1 unspecified atom stereocenters. The first-order valence-corrected chi connectivity index (χ1v) is 9.64. The average Bonchev–Trinajstić information content (AvgIpc) is 2.86. The Bertz CT molecular complexity index is 648. The summed E-state index contributed by atoms with van der Waals surface area (Å²) in [5, 5.41) is 3.36. The monoisotopic (exact) mass is 311 g/mol. The molecule has 1 saturated heterocycles. The highest BCUT2D eigenvalue weighted by Gasteiger charge is 2.42. The first kappa shape index (κ1) is 15.0. The van der Waals surface area contributed by atoms with Gasteiger partial charge in [0.05, 0.1) is 22.7 Å².